The van der Waals surface area contributed by atoms with Gasteiger partial charge in [0, 0.05) is 27.9 Å². The van der Waals surface area contributed by atoms with Crippen LogP contribution in [-0.2, 0) is 16.2 Å². The number of thioether (sulfide) groups is 1. The minimum Gasteiger partial charge on any atom is -0.496 e. The molecule has 4 rings (SSSR count). The zero-order valence-corrected chi connectivity index (χ0v) is 22.2. The number of rotatable bonds is 10. The number of hydrogen-bond donors (Lipinski definition) is 2. The molecule has 0 spiro atoms. The highest BCUT2D eigenvalue weighted by Gasteiger charge is 2.25. The molecular weight excluding hydrogens is 502 g/mol. The molecular formula is C29H29N3O5S. The minimum atomic E-state index is -0.766. The fourth-order valence-corrected chi connectivity index (χ4v) is 4.47. The molecule has 0 saturated carbocycles. The van der Waals surface area contributed by atoms with Crippen LogP contribution in [0.25, 0.3) is 11.3 Å². The summed E-state index contributed by atoms with van der Waals surface area (Å²) in [7, 11) is 1.51. The Morgan fingerprint density at radius 2 is 1.76 bits per heavy atom. The van der Waals surface area contributed by atoms with Gasteiger partial charge in [0.25, 0.3) is 0 Å². The van der Waals surface area contributed by atoms with Crippen LogP contribution in [0.15, 0.2) is 94.7 Å². The van der Waals surface area contributed by atoms with Crippen LogP contribution < -0.4 is 20.1 Å². The highest BCUT2D eigenvalue weighted by atomic mass is 32.2. The Bertz CT molecular complexity index is 1360. The molecule has 1 heterocycles. The van der Waals surface area contributed by atoms with Gasteiger partial charge in [-0.1, -0.05) is 30.3 Å². The van der Waals surface area contributed by atoms with E-state index in [0.717, 1.165) is 16.2 Å². The number of nitrogens with one attached hydrogen (secondary N) is 2. The Balaban J connectivity index is 1.27. The van der Waals surface area contributed by atoms with Gasteiger partial charge in [-0.3, -0.25) is 9.59 Å². The number of methoxy groups -OCH3 is 1. The summed E-state index contributed by atoms with van der Waals surface area (Å²) in [4.78, 5) is 30.1. The number of ether oxygens (including phenoxy) is 2. The van der Waals surface area contributed by atoms with Gasteiger partial charge in [0.1, 0.15) is 18.1 Å². The molecule has 0 aliphatic heterocycles. The van der Waals surface area contributed by atoms with Gasteiger partial charge in [0.2, 0.25) is 0 Å². The van der Waals surface area contributed by atoms with Gasteiger partial charge in [-0.25, -0.2) is 4.98 Å². The maximum atomic E-state index is 12.6. The van der Waals surface area contributed by atoms with Crippen LogP contribution >= 0.6 is 11.8 Å². The number of amides is 2. The number of nitrogens with zero attached hydrogens (tertiary/aromatic N) is 1. The molecule has 8 nitrogen and oxygen atoms in total. The van der Waals surface area contributed by atoms with Crippen LogP contribution in [0.1, 0.15) is 19.4 Å². The first-order chi connectivity index (χ1) is 18.3. The van der Waals surface area contributed by atoms with Crippen LogP contribution in [0, 0.1) is 0 Å². The molecule has 2 N–H and O–H groups in total. The molecule has 0 aliphatic rings. The van der Waals surface area contributed by atoms with Crippen molar-refractivity contribution in [2.75, 3.05) is 18.2 Å². The Labute approximate surface area is 225 Å². The molecule has 0 atom stereocenters. The monoisotopic (exact) mass is 531 g/mol. The van der Waals surface area contributed by atoms with Crippen molar-refractivity contribution in [1.82, 2.24) is 10.3 Å². The third-order valence-electron chi connectivity index (χ3n) is 5.49. The number of benzene rings is 3. The summed E-state index contributed by atoms with van der Waals surface area (Å²) in [6, 6.07) is 22.8. The Morgan fingerprint density at radius 1 is 1.00 bits per heavy atom. The first kappa shape index (κ1) is 26.8. The highest BCUT2D eigenvalue weighted by molar-refractivity contribution is 7.99. The van der Waals surface area contributed by atoms with Crippen LogP contribution in [0.2, 0.25) is 0 Å². The van der Waals surface area contributed by atoms with Crippen molar-refractivity contribution in [2.45, 2.75) is 30.9 Å². The molecule has 3 aromatic carbocycles. The lowest BCUT2D eigenvalue weighted by molar-refractivity contribution is -0.137. The fraction of sp³-hybridized carbons (Fsp3) is 0.207. The maximum absolute atomic E-state index is 12.6. The molecule has 38 heavy (non-hydrogen) atoms. The van der Waals surface area contributed by atoms with E-state index in [4.69, 9.17) is 13.9 Å². The predicted octanol–water partition coefficient (Wildman–Crippen LogP) is 5.55. The van der Waals surface area contributed by atoms with Gasteiger partial charge >= 0.3 is 11.8 Å². The lowest BCUT2D eigenvalue weighted by atomic mass is 10.1. The molecule has 0 saturated heterocycles. The van der Waals surface area contributed by atoms with Crippen molar-refractivity contribution in [1.29, 1.82) is 0 Å². The van der Waals surface area contributed by atoms with E-state index in [2.05, 4.69) is 15.6 Å². The van der Waals surface area contributed by atoms with Gasteiger partial charge in [0.05, 0.1) is 18.9 Å². The lowest BCUT2D eigenvalue weighted by Crippen LogP contribution is -2.49. The third-order valence-corrected chi connectivity index (χ3v) is 6.96. The molecule has 2 amide bonds. The Kier molecular flexibility index (Phi) is 8.70. The third kappa shape index (κ3) is 7.39. The summed E-state index contributed by atoms with van der Waals surface area (Å²) in [5.74, 6) is 0.874. The van der Waals surface area contributed by atoms with Gasteiger partial charge in [-0.05, 0) is 55.8 Å². The van der Waals surface area contributed by atoms with Crippen molar-refractivity contribution >= 4 is 29.3 Å². The summed E-state index contributed by atoms with van der Waals surface area (Å²) in [5.41, 5.74) is 1.58. The predicted molar refractivity (Wildman–Crippen MR) is 147 cm³/mol. The molecule has 196 valence electrons. The summed E-state index contributed by atoms with van der Waals surface area (Å²) in [6.45, 7) is 4.25. The van der Waals surface area contributed by atoms with Crippen molar-refractivity contribution in [3.8, 4) is 22.8 Å². The van der Waals surface area contributed by atoms with Crippen LogP contribution in [0.3, 0.4) is 0 Å². The van der Waals surface area contributed by atoms with Crippen LogP contribution in [0.4, 0.5) is 5.69 Å². The van der Waals surface area contributed by atoms with E-state index in [-0.39, 0.29) is 0 Å². The first-order valence-electron chi connectivity index (χ1n) is 11.9. The number of anilines is 1. The quantitative estimate of drug-likeness (QED) is 0.204. The average Bonchev–Trinajstić information content (AvgIpc) is 3.46. The van der Waals surface area contributed by atoms with E-state index in [0.29, 0.717) is 35.1 Å². The molecule has 0 radical (unpaired) electrons. The normalized spacial score (nSPS) is 11.0. The molecule has 1 aromatic heterocycles. The van der Waals surface area contributed by atoms with Crippen molar-refractivity contribution in [3.05, 3.63) is 91.0 Å². The Hall–Kier alpha value is -4.24. The summed E-state index contributed by atoms with van der Waals surface area (Å²) in [5, 5.41) is 5.43. The summed E-state index contributed by atoms with van der Waals surface area (Å²) < 4.78 is 16.5. The Morgan fingerprint density at radius 3 is 2.45 bits per heavy atom. The maximum Gasteiger partial charge on any atom is 0.313 e. The number of aromatic nitrogens is 1. The van der Waals surface area contributed by atoms with Gasteiger partial charge in [-0.2, -0.15) is 0 Å². The number of oxazole rings is 1. The standard InChI is InChI=1S/C29H29N3O5S/c1-29(2,18-38-23-12-10-22(11-13-23)36-17-20-7-5-4-6-8-20)32-28(34)27(33)31-21-9-14-24(25(15-21)35-3)26-16-30-19-37-26/h4-16,19H,17-18H2,1-3H3,(H,31,33)(H,32,34). The zero-order chi connectivity index (χ0) is 27.0. The van der Waals surface area contributed by atoms with Crippen molar-refractivity contribution < 1.29 is 23.5 Å². The average molecular weight is 532 g/mol. The topological polar surface area (TPSA) is 103 Å². The zero-order valence-electron chi connectivity index (χ0n) is 21.4. The van der Waals surface area contributed by atoms with E-state index < -0.39 is 17.4 Å². The van der Waals surface area contributed by atoms with Gasteiger partial charge in [-0.15, -0.1) is 11.8 Å². The number of carbonyl (C=O) groups is 2. The molecule has 0 fully saturated rings. The van der Waals surface area contributed by atoms with E-state index in [1.165, 1.54) is 13.5 Å². The summed E-state index contributed by atoms with van der Waals surface area (Å²) in [6.07, 6.45) is 2.89. The van der Waals surface area contributed by atoms with E-state index in [1.807, 2.05) is 68.4 Å². The first-order valence-corrected chi connectivity index (χ1v) is 12.9. The minimum absolute atomic E-state index is 0.423. The second kappa shape index (κ2) is 12.3. The molecule has 0 unspecified atom stereocenters. The lowest BCUT2D eigenvalue weighted by Gasteiger charge is -2.25. The number of carbonyl (C=O) groups excluding carboxylic acids is 2. The molecule has 9 heteroatoms. The van der Waals surface area contributed by atoms with Crippen LogP contribution in [-0.4, -0.2) is 35.2 Å². The highest BCUT2D eigenvalue weighted by Crippen LogP contribution is 2.32. The summed E-state index contributed by atoms with van der Waals surface area (Å²) >= 11 is 1.58. The fourth-order valence-electron chi connectivity index (χ4n) is 3.55. The van der Waals surface area contributed by atoms with Crippen molar-refractivity contribution in [3.63, 3.8) is 0 Å². The van der Waals surface area contributed by atoms with Gasteiger partial charge in [0.15, 0.2) is 12.2 Å². The largest absolute Gasteiger partial charge is 0.496 e. The van der Waals surface area contributed by atoms with Gasteiger partial charge < -0.3 is 24.5 Å². The smallest absolute Gasteiger partial charge is 0.313 e. The SMILES string of the molecule is COc1cc(NC(=O)C(=O)NC(C)(C)CSc2ccc(OCc3ccccc3)cc2)ccc1-c1cnco1. The van der Waals surface area contributed by atoms with Crippen molar-refractivity contribution in [2.24, 2.45) is 0 Å². The van der Waals surface area contributed by atoms with E-state index in [9.17, 15) is 9.59 Å². The number of hydrogen-bond acceptors (Lipinski definition) is 7. The second-order valence-corrected chi connectivity index (χ2v) is 10.2. The second-order valence-electron chi connectivity index (χ2n) is 9.11. The van der Waals surface area contributed by atoms with E-state index in [1.54, 1.807) is 36.2 Å². The van der Waals surface area contributed by atoms with Crippen LogP contribution in [0.5, 0.6) is 11.5 Å². The molecule has 0 aliphatic carbocycles. The molecule has 0 bridgehead atoms. The van der Waals surface area contributed by atoms with E-state index >= 15 is 0 Å². The molecule has 4 aromatic rings.